The van der Waals surface area contributed by atoms with Gasteiger partial charge < -0.3 is 25.3 Å². The average Bonchev–Trinajstić information content (AvgIpc) is 2.92. The van der Waals surface area contributed by atoms with Gasteiger partial charge in [0.2, 0.25) is 0 Å². The molecule has 37 heavy (non-hydrogen) atoms. The Balaban J connectivity index is 1.86. The van der Waals surface area contributed by atoms with E-state index in [9.17, 15) is 9.59 Å². The van der Waals surface area contributed by atoms with Gasteiger partial charge in [0.05, 0.1) is 13.2 Å². The van der Waals surface area contributed by atoms with Gasteiger partial charge in [-0.05, 0) is 61.0 Å². The van der Waals surface area contributed by atoms with Crippen molar-refractivity contribution in [3.63, 3.8) is 0 Å². The summed E-state index contributed by atoms with van der Waals surface area (Å²) in [5.74, 6) is -0.189. The van der Waals surface area contributed by atoms with E-state index in [1.807, 2.05) is 6.92 Å². The fourth-order valence-corrected chi connectivity index (χ4v) is 3.29. The van der Waals surface area contributed by atoms with Crippen molar-refractivity contribution >= 4 is 23.3 Å². The lowest BCUT2D eigenvalue weighted by molar-refractivity contribution is -0.122. The number of carbonyl (C=O) groups excluding carboxylic acids is 2. The van der Waals surface area contributed by atoms with Crippen LogP contribution in [0.2, 0.25) is 0 Å². The number of hydrogen-bond acceptors (Lipinski definition) is 8. The van der Waals surface area contributed by atoms with Crippen molar-refractivity contribution in [3.05, 3.63) is 83.7 Å². The molecule has 6 N–H and O–H groups in total. The quantitative estimate of drug-likeness (QED) is 0.108. The number of nitrogens with one attached hydrogen (secondary N) is 4. The van der Waals surface area contributed by atoms with E-state index in [0.717, 1.165) is 0 Å². The van der Waals surface area contributed by atoms with Gasteiger partial charge in [-0.15, -0.1) is 0 Å². The van der Waals surface area contributed by atoms with Crippen LogP contribution < -0.4 is 31.4 Å². The Morgan fingerprint density at radius 1 is 1.00 bits per heavy atom. The Hall–Kier alpha value is -4.64. The molecule has 11 nitrogen and oxygen atoms in total. The minimum absolute atomic E-state index is 0.0662. The zero-order chi connectivity index (χ0) is 26.6. The highest BCUT2D eigenvalue weighted by Crippen LogP contribution is 2.32. The number of rotatable bonds is 12. The van der Waals surface area contributed by atoms with Crippen molar-refractivity contribution in [2.24, 2.45) is 5.73 Å². The van der Waals surface area contributed by atoms with Crippen LogP contribution in [0.4, 0.5) is 5.69 Å². The smallest absolute Gasteiger partial charge is 0.288 e. The third-order valence-corrected chi connectivity index (χ3v) is 5.11. The summed E-state index contributed by atoms with van der Waals surface area (Å²) in [4.78, 5) is 29.6. The second-order valence-corrected chi connectivity index (χ2v) is 7.71. The molecule has 0 saturated heterocycles. The average molecular weight is 507 g/mol. The first-order valence-corrected chi connectivity index (χ1v) is 11.5. The summed E-state index contributed by atoms with van der Waals surface area (Å²) in [7, 11) is 1.58. The zero-order valence-corrected chi connectivity index (χ0v) is 20.6. The van der Waals surface area contributed by atoms with Crippen molar-refractivity contribution in [1.29, 1.82) is 5.41 Å². The molecule has 0 aliphatic heterocycles. The van der Waals surface area contributed by atoms with E-state index in [-0.39, 0.29) is 11.5 Å². The Morgan fingerprint density at radius 3 is 2.43 bits per heavy atom. The molecule has 0 fully saturated rings. The summed E-state index contributed by atoms with van der Waals surface area (Å²) < 4.78 is 16.5. The van der Waals surface area contributed by atoms with Gasteiger partial charge in [-0.3, -0.25) is 30.8 Å². The maximum atomic E-state index is 13.3. The van der Waals surface area contributed by atoms with Crippen LogP contribution in [0.3, 0.4) is 0 Å². The molecule has 0 radical (unpaired) electrons. The molecule has 0 aliphatic rings. The predicted molar refractivity (Wildman–Crippen MR) is 139 cm³/mol. The van der Waals surface area contributed by atoms with Crippen molar-refractivity contribution in [3.8, 4) is 11.5 Å². The van der Waals surface area contributed by atoms with E-state index in [4.69, 9.17) is 25.4 Å². The third-order valence-electron chi connectivity index (χ3n) is 5.11. The van der Waals surface area contributed by atoms with Crippen LogP contribution in [0.1, 0.15) is 34.6 Å². The standard InChI is InChI=1S/C26H30N6O5/c1-3-36-22-16-18(9-12-21(22)37-15-14-35-2)23(30-19-10-7-17(8-11-19)24(27)28)26(34)32-31-25(33)20-6-4-5-13-29-20/h4-13,16,23,30H,3,14-15H2,1-2H3,(H3,27,28)(H,31,33)(H,32,34). The molecule has 3 aromatic rings. The minimum atomic E-state index is -0.931. The molecule has 2 aromatic carbocycles. The van der Waals surface area contributed by atoms with E-state index < -0.39 is 17.9 Å². The SMILES string of the molecule is CCOc1cc(C(Nc2ccc(C(=N)N)cc2)C(=O)NNC(=O)c2ccccn2)ccc1OCCOC. The summed E-state index contributed by atoms with van der Waals surface area (Å²) in [5.41, 5.74) is 12.2. The maximum Gasteiger partial charge on any atom is 0.288 e. The van der Waals surface area contributed by atoms with Crippen LogP contribution in [0.15, 0.2) is 66.9 Å². The number of anilines is 1. The van der Waals surface area contributed by atoms with Crippen LogP contribution >= 0.6 is 0 Å². The van der Waals surface area contributed by atoms with Crippen LogP contribution in [-0.4, -0.2) is 49.6 Å². The summed E-state index contributed by atoms with van der Waals surface area (Å²) in [5, 5.41) is 10.7. The van der Waals surface area contributed by atoms with Gasteiger partial charge >= 0.3 is 0 Å². The number of amides is 2. The lowest BCUT2D eigenvalue weighted by Gasteiger charge is -2.22. The summed E-state index contributed by atoms with van der Waals surface area (Å²) in [6, 6.07) is 15.8. The van der Waals surface area contributed by atoms with E-state index in [0.29, 0.717) is 48.1 Å². The maximum absolute atomic E-state index is 13.3. The van der Waals surface area contributed by atoms with Crippen molar-refractivity contribution in [1.82, 2.24) is 15.8 Å². The molecule has 1 unspecified atom stereocenters. The van der Waals surface area contributed by atoms with E-state index in [1.165, 1.54) is 12.3 Å². The van der Waals surface area contributed by atoms with Crippen molar-refractivity contribution in [2.75, 3.05) is 32.2 Å². The minimum Gasteiger partial charge on any atom is -0.490 e. The van der Waals surface area contributed by atoms with Gasteiger partial charge in [0.15, 0.2) is 11.5 Å². The van der Waals surface area contributed by atoms with Gasteiger partial charge in [0.1, 0.15) is 24.2 Å². The second-order valence-electron chi connectivity index (χ2n) is 7.71. The Bertz CT molecular complexity index is 1200. The first-order chi connectivity index (χ1) is 17.9. The van der Waals surface area contributed by atoms with E-state index in [1.54, 1.807) is 61.7 Å². The van der Waals surface area contributed by atoms with Gasteiger partial charge in [-0.2, -0.15) is 0 Å². The van der Waals surface area contributed by atoms with Crippen molar-refractivity contribution < 1.29 is 23.8 Å². The lowest BCUT2D eigenvalue weighted by atomic mass is 10.0. The monoisotopic (exact) mass is 506 g/mol. The van der Waals surface area contributed by atoms with E-state index in [2.05, 4.69) is 21.2 Å². The first-order valence-electron chi connectivity index (χ1n) is 11.5. The molecule has 194 valence electrons. The number of nitrogens with zero attached hydrogens (tertiary/aromatic N) is 1. The molecule has 0 spiro atoms. The number of amidine groups is 1. The number of nitrogen functional groups attached to an aromatic ring is 1. The fraction of sp³-hybridized carbons (Fsp3) is 0.231. The zero-order valence-electron chi connectivity index (χ0n) is 20.6. The Labute approximate surface area is 214 Å². The van der Waals surface area contributed by atoms with Crippen LogP contribution in [0.5, 0.6) is 11.5 Å². The van der Waals surface area contributed by atoms with Crippen LogP contribution in [0, 0.1) is 5.41 Å². The molecule has 0 aliphatic carbocycles. The van der Waals surface area contributed by atoms with Gasteiger partial charge in [-0.1, -0.05) is 12.1 Å². The van der Waals surface area contributed by atoms with Crippen LogP contribution in [0.25, 0.3) is 0 Å². The predicted octanol–water partition coefficient (Wildman–Crippen LogP) is 2.40. The molecule has 2 amide bonds. The molecule has 0 saturated carbocycles. The number of methoxy groups -OCH3 is 1. The van der Waals surface area contributed by atoms with Gasteiger partial charge in [0.25, 0.3) is 11.8 Å². The molecular formula is C26H30N6O5. The normalized spacial score (nSPS) is 11.2. The van der Waals surface area contributed by atoms with E-state index >= 15 is 0 Å². The molecule has 11 heteroatoms. The van der Waals surface area contributed by atoms with Gasteiger partial charge in [0, 0.05) is 24.6 Å². The van der Waals surface area contributed by atoms with Gasteiger partial charge in [-0.25, -0.2) is 0 Å². The highest BCUT2D eigenvalue weighted by atomic mass is 16.5. The van der Waals surface area contributed by atoms with Crippen LogP contribution in [-0.2, 0) is 9.53 Å². The number of carbonyl (C=O) groups is 2. The summed E-state index contributed by atoms with van der Waals surface area (Å²) in [6.07, 6.45) is 1.48. The number of aromatic nitrogens is 1. The molecule has 3 rings (SSSR count). The molecule has 0 bridgehead atoms. The molecule has 1 heterocycles. The summed E-state index contributed by atoms with van der Waals surface area (Å²) in [6.45, 7) is 2.98. The number of ether oxygens (including phenoxy) is 3. The second kappa shape index (κ2) is 13.4. The first kappa shape index (κ1) is 27.0. The molecule has 1 aromatic heterocycles. The fourth-order valence-electron chi connectivity index (χ4n) is 3.29. The largest absolute Gasteiger partial charge is 0.490 e. The number of hydrogen-bond donors (Lipinski definition) is 5. The molecular weight excluding hydrogens is 476 g/mol. The third kappa shape index (κ3) is 7.67. The lowest BCUT2D eigenvalue weighted by Crippen LogP contribution is -2.45. The highest BCUT2D eigenvalue weighted by Gasteiger charge is 2.23. The number of nitrogens with two attached hydrogens (primary N) is 1. The summed E-state index contributed by atoms with van der Waals surface area (Å²) >= 11 is 0. The molecule has 1 atom stereocenters. The Morgan fingerprint density at radius 2 is 1.78 bits per heavy atom. The van der Waals surface area contributed by atoms with Crippen molar-refractivity contribution in [2.45, 2.75) is 13.0 Å². The highest BCUT2D eigenvalue weighted by molar-refractivity contribution is 5.96. The number of benzene rings is 2. The topological polar surface area (TPSA) is 161 Å². The Kier molecular flexibility index (Phi) is 9.80. The number of pyridine rings is 1. The number of hydrazine groups is 1.